The number of nitrogens with zero attached hydrogens (tertiary/aromatic N) is 13. The number of Topliss-reactive ketones (excluding diaryl/α,β-unsaturated/α-hetero) is 1. The third-order valence-electron chi connectivity index (χ3n) is 19.3. The number of ketones is 1. The maximum atomic E-state index is 11.0. The van der Waals surface area contributed by atoms with Crippen LogP contribution in [-0.4, -0.2) is 431 Å². The number of hydrogen-bond acceptors (Lipinski definition) is 18. The second-order valence-corrected chi connectivity index (χ2v) is 28.0. The Balaban J connectivity index is -0.0000000907. The summed E-state index contributed by atoms with van der Waals surface area (Å²) in [7, 11) is 36.2. The number of carbonyl (C=O) groups is 2. The van der Waals surface area contributed by atoms with Crippen molar-refractivity contribution in [3.63, 3.8) is 0 Å². The molecular weight excluding hydrogens is 2110 g/mol. The number of amides is 6. The molecule has 24 radical (unpaired) electrons. The Kier molecular flexibility index (Phi) is 144. The van der Waals surface area contributed by atoms with Gasteiger partial charge in [0.15, 0.2) is 0 Å². The zero-order valence-electron chi connectivity index (χ0n) is 82.5. The fourth-order valence-electron chi connectivity index (χ4n) is 13.1. The first-order chi connectivity index (χ1) is 59.2. The van der Waals surface area contributed by atoms with Gasteiger partial charge in [0.25, 0.3) is 0 Å². The zero-order chi connectivity index (χ0) is 92.9. The number of likely N-dealkylation sites (tertiary alicyclic amines) is 3. The van der Waals surface area contributed by atoms with Gasteiger partial charge in [-0.3, -0.25) is 35.6 Å². The van der Waals surface area contributed by atoms with Crippen molar-refractivity contribution in [1.29, 1.82) is 0 Å². The summed E-state index contributed by atoms with van der Waals surface area (Å²) in [6, 6.07) is 45.8. The van der Waals surface area contributed by atoms with E-state index in [1.807, 2.05) is 120 Å². The molecule has 720 valence electrons. The molecule has 0 atom stereocenters. The van der Waals surface area contributed by atoms with Gasteiger partial charge in [0.1, 0.15) is 5.78 Å². The van der Waals surface area contributed by atoms with E-state index in [-0.39, 0.29) is 246 Å². The van der Waals surface area contributed by atoms with Gasteiger partial charge in [0.2, 0.25) is 5.91 Å². The predicted octanol–water partition coefficient (Wildman–Crippen LogP) is 6.79. The second kappa shape index (κ2) is 115. The van der Waals surface area contributed by atoms with Gasteiger partial charge in [-0.25, -0.2) is 0 Å². The molecule has 0 bridgehead atoms. The van der Waals surface area contributed by atoms with E-state index in [0.717, 1.165) is 202 Å². The maximum Gasteiger partial charge on any atom is 0.219 e. The molecule has 10 aliphatic rings. The molecule has 14 rings (SSSR count). The first kappa shape index (κ1) is 166. The Bertz CT molecular complexity index is 2980. The Morgan fingerprint density at radius 3 is 0.767 bits per heavy atom. The third kappa shape index (κ3) is 79.0. The zero-order valence-corrected chi connectivity index (χ0v) is 99.5. The van der Waals surface area contributed by atoms with Gasteiger partial charge < -0.3 is 88.7 Å². The van der Waals surface area contributed by atoms with Crippen LogP contribution < -0.4 is 16.0 Å². The van der Waals surface area contributed by atoms with Gasteiger partial charge in [-0.15, -0.1) is 0 Å². The Morgan fingerprint density at radius 1 is 0.368 bits per heavy atom. The van der Waals surface area contributed by atoms with Crippen molar-refractivity contribution in [1.82, 2.24) is 79.6 Å². The number of hydrogen-bond donors (Lipinski definition) is 3. The summed E-state index contributed by atoms with van der Waals surface area (Å²) in [6.45, 7) is 63.2. The largest absolute Gasteiger partial charge is 0.542 e. The average Bonchev–Trinajstić information content (AvgIpc) is 0.777. The van der Waals surface area contributed by atoms with Crippen LogP contribution in [0.25, 0.3) is 0 Å². The third-order valence-corrected chi connectivity index (χ3v) is 19.3. The molecular formula is C93H166B10N16O8Y6-6. The molecule has 10 fully saturated rings. The molecule has 40 heteroatoms. The van der Waals surface area contributed by atoms with E-state index < -0.39 is 6.39 Å². The summed E-state index contributed by atoms with van der Waals surface area (Å²) in [6.07, 6.45) is 10.4. The Morgan fingerprint density at radius 2 is 0.571 bits per heavy atom. The SMILES string of the molecule is C.C.C.C.CC.CC.CC.CC.CC.CC.CC(=O)N1CC(N2CCN([C-]=O)CC2)C1.CC(C)=O.CC1CN(C(c2ccccc2)c2ccccc2)C1.CN1CCN([C-]=O)CC1.CN1CCNCC1.C[C-]=O.O=[C-]N1CCN(C2CN(C(c3ccccc3)c3ccccc3)C2)CC1.O=[C-]N1CCN(C2CNC2)CC1.O=[C-]N1CCNCC1.[B].[B]B([B])[B].[B][B].[B][B][B].[Y].[Y].[Y].[Y].[Y].[Y]. The molecule has 133 heavy (non-hydrogen) atoms. The topological polar surface area (TPSA) is 215 Å². The molecule has 0 saturated carbocycles. The van der Waals surface area contributed by atoms with E-state index in [0.29, 0.717) is 24.2 Å². The molecule has 10 heterocycles. The van der Waals surface area contributed by atoms with Crippen LogP contribution in [0.2, 0.25) is 0 Å². The molecule has 0 aromatic heterocycles. The molecule has 0 spiro atoms. The normalized spacial score (nSPS) is 16.0. The first-order valence-corrected chi connectivity index (χ1v) is 44.1. The van der Waals surface area contributed by atoms with Crippen LogP contribution in [-0.2, 0) is 235 Å². The van der Waals surface area contributed by atoms with Crippen molar-refractivity contribution in [3.05, 3.63) is 144 Å². The number of nitrogens with one attached hydrogen (secondary N) is 3. The molecule has 4 aromatic rings. The van der Waals surface area contributed by atoms with Crippen LogP contribution in [0, 0.1) is 5.92 Å². The number of carbonyl (C=O) groups excluding carboxylic acids is 8. The Hall–Kier alpha value is -0.0873. The van der Waals surface area contributed by atoms with Crippen LogP contribution in [0.5, 0.6) is 0 Å². The van der Waals surface area contributed by atoms with Crippen molar-refractivity contribution >= 4 is 126 Å². The van der Waals surface area contributed by atoms with E-state index in [1.165, 1.54) is 75.5 Å². The number of piperazine rings is 6. The van der Waals surface area contributed by atoms with Gasteiger partial charge in [-0.05, 0) is 56.1 Å². The van der Waals surface area contributed by atoms with Gasteiger partial charge in [0, 0.05) is 507 Å². The van der Waals surface area contributed by atoms with Gasteiger partial charge >= 0.3 is 0 Å². The van der Waals surface area contributed by atoms with E-state index in [9.17, 15) is 33.6 Å². The second-order valence-electron chi connectivity index (χ2n) is 28.0. The van der Waals surface area contributed by atoms with Crippen LogP contribution in [0.1, 0.15) is 182 Å². The number of likely N-dealkylation sites (N-methyl/N-ethyl adjacent to an activating group) is 2. The summed E-state index contributed by atoms with van der Waals surface area (Å²) in [5.74, 6) is 1.16. The Labute approximate surface area is 978 Å². The van der Waals surface area contributed by atoms with Crippen LogP contribution in [0.15, 0.2) is 121 Å². The monoisotopic (exact) mass is 2280 g/mol. The van der Waals surface area contributed by atoms with Crippen LogP contribution in [0.4, 0.5) is 0 Å². The number of rotatable bonds is 14. The fourth-order valence-corrected chi connectivity index (χ4v) is 13.1. The molecule has 24 nitrogen and oxygen atoms in total. The maximum absolute atomic E-state index is 11.0. The van der Waals surface area contributed by atoms with Crippen LogP contribution in [0.3, 0.4) is 0 Å². The quantitative estimate of drug-likeness (QED) is 0.0876. The van der Waals surface area contributed by atoms with E-state index >= 15 is 0 Å². The van der Waals surface area contributed by atoms with E-state index in [2.05, 4.69) is 247 Å². The molecule has 3 N–H and O–H groups in total. The van der Waals surface area contributed by atoms with Crippen molar-refractivity contribution in [2.45, 2.75) is 178 Å². The van der Waals surface area contributed by atoms with Crippen molar-refractivity contribution in [3.8, 4) is 0 Å². The smallest absolute Gasteiger partial charge is 0.219 e. The van der Waals surface area contributed by atoms with Gasteiger partial charge in [0.05, 0.1) is 12.1 Å². The predicted molar refractivity (Wildman–Crippen MR) is 550 cm³/mol. The standard InChI is InChI=1S/C21H24N3O.C17H19N.C10H16N3O2.C8H14N3O.C6H11N2O.C5H9N2O.C5H12N2.C3H6O.C2H3O.6C2H6.4CH4.B4.B3.B2.B.6Y/c25-17-22-11-13-23(14-12-22)20-15-24(16-20)21(18-7-3-1-4-8-18)19-9-5-2-6-10-19;1-14-12-18(13-14)17(15-8-4-2-5-9-15)16-10-6-3-7-11-16;1-9(15)13-6-10(7-13)12-4-2-11(8-14)3-5-12;12-7-10-1-3-11(4-2-10)8-5-9-6-8;1-7-2-4-8(6-9)5-3-7;8-5-7-3-1-6-2-4-7;1-7-4-2-6-3-5-7;1-3(2)4;1-2-3;6*1-2;;;;;1-4(2)3;1-3-2;1-2;;;;;;;/h1-10,20-21H,11-16H2;2-11,14,17H,12-13H2,1H3;10H,2-7H2,1H3;8-9H,1-6H2;2-5H2,1H3;6H,1-4H2;6H,2-5H2,1H3;1-2H3;1H3;6*1-2H3;4*1H4;;;;;;;;;;/q-1;;4*-1;;;-1;;;;;;;;;;;;;;;;;;;;. The fraction of sp³-hybridized carbons (Fsp3) is 0.656. The number of benzene rings is 4. The first-order valence-electron chi connectivity index (χ1n) is 44.1. The minimum Gasteiger partial charge on any atom is -0.542 e. The molecule has 10 saturated heterocycles. The summed E-state index contributed by atoms with van der Waals surface area (Å²) in [4.78, 5) is 108. The van der Waals surface area contributed by atoms with Crippen molar-refractivity contribution < 1.29 is 235 Å². The summed E-state index contributed by atoms with van der Waals surface area (Å²) in [5, 5.41) is 9.65. The molecule has 10 aliphatic heterocycles. The van der Waals surface area contributed by atoms with Crippen molar-refractivity contribution in [2.24, 2.45) is 5.92 Å². The van der Waals surface area contributed by atoms with E-state index in [4.69, 9.17) is 4.79 Å². The minimum absolute atomic E-state index is 0. The summed E-state index contributed by atoms with van der Waals surface area (Å²) < 4.78 is 0. The minimum atomic E-state index is -0.667. The molecule has 0 unspecified atom stereocenters. The average molecular weight is 2280 g/mol. The summed E-state index contributed by atoms with van der Waals surface area (Å²) in [5.41, 5.74) is 5.51. The van der Waals surface area contributed by atoms with Crippen molar-refractivity contribution in [2.75, 3.05) is 224 Å². The molecule has 4 aromatic carbocycles. The van der Waals surface area contributed by atoms with Crippen LogP contribution >= 0.6 is 0 Å². The van der Waals surface area contributed by atoms with Gasteiger partial charge in [-0.2, -0.15) is 39.0 Å². The summed E-state index contributed by atoms with van der Waals surface area (Å²) >= 11 is 0. The van der Waals surface area contributed by atoms with E-state index in [1.54, 1.807) is 31.4 Å². The molecule has 0 aliphatic carbocycles. The van der Waals surface area contributed by atoms with Gasteiger partial charge in [-0.1, -0.05) is 241 Å². The molecule has 6 amide bonds.